The number of rotatable bonds is 6. The van der Waals surface area contributed by atoms with Crippen molar-refractivity contribution < 1.29 is 25.8 Å². The monoisotopic (exact) mass is 692 g/mol. The molecule has 0 spiro atoms. The molecule has 0 atom stereocenters. The minimum absolute atomic E-state index is 0. The van der Waals surface area contributed by atoms with E-state index in [1.54, 1.807) is 6.20 Å². The Morgan fingerprint density at radius 2 is 1.54 bits per heavy atom. The second kappa shape index (κ2) is 10.9. The molecule has 7 heteroatoms. The zero-order valence-corrected chi connectivity index (χ0v) is 24.4. The van der Waals surface area contributed by atoms with Crippen LogP contribution in [0.5, 0.6) is 11.6 Å². The normalized spacial score (nSPS) is 10.9. The fourth-order valence-corrected chi connectivity index (χ4v) is 4.63. The van der Waals surface area contributed by atoms with Crippen LogP contribution in [0.15, 0.2) is 91.3 Å². The molecule has 196 valence electrons. The van der Waals surface area contributed by atoms with Crippen LogP contribution in [0, 0.1) is 12.1 Å². The Balaban J connectivity index is 0.00000308. The van der Waals surface area contributed by atoms with E-state index in [0.717, 1.165) is 50.1 Å². The van der Waals surface area contributed by atoms with Crippen molar-refractivity contribution in [2.45, 2.75) is 0 Å². The average Bonchev–Trinajstić information content (AvgIpc) is 3.27. The van der Waals surface area contributed by atoms with Gasteiger partial charge in [-0.15, -0.1) is 18.2 Å². The maximum Gasteiger partial charge on any atom is 2.00 e. The molecular weight excluding hydrogens is 665 g/mol. The molecule has 3 aromatic carbocycles. The summed E-state index contributed by atoms with van der Waals surface area (Å²) in [5.41, 5.74) is 5.82. The fourth-order valence-electron chi connectivity index (χ4n) is 4.63. The van der Waals surface area contributed by atoms with Gasteiger partial charge in [-0.1, -0.05) is 23.6 Å². The number of nitrogens with zero attached hydrogens (tertiary/aromatic N) is 5. The van der Waals surface area contributed by atoms with Crippen LogP contribution in [0.2, 0.25) is 0 Å². The summed E-state index contributed by atoms with van der Waals surface area (Å²) < 4.78 is 8.32. The van der Waals surface area contributed by atoms with Gasteiger partial charge < -0.3 is 19.1 Å². The molecule has 0 bridgehead atoms. The summed E-state index contributed by atoms with van der Waals surface area (Å²) in [6, 6.07) is 33.6. The molecule has 39 heavy (non-hydrogen) atoms. The van der Waals surface area contributed by atoms with E-state index in [0.29, 0.717) is 11.6 Å². The molecule has 0 aliphatic rings. The smallest absolute Gasteiger partial charge is 0.458 e. The van der Waals surface area contributed by atoms with E-state index >= 15 is 0 Å². The zero-order chi connectivity index (χ0) is 26.2. The number of pyridine rings is 2. The summed E-state index contributed by atoms with van der Waals surface area (Å²) >= 11 is 0. The second-order valence-electron chi connectivity index (χ2n) is 9.51. The van der Waals surface area contributed by atoms with Gasteiger partial charge in [-0.05, 0) is 41.2 Å². The molecular formula is C32H27N5OPt. The average molecular weight is 693 g/mol. The number of benzene rings is 3. The third-order valence-electron chi connectivity index (χ3n) is 6.56. The van der Waals surface area contributed by atoms with Gasteiger partial charge in [0.25, 0.3) is 0 Å². The molecule has 3 heterocycles. The molecule has 6 nitrogen and oxygen atoms in total. The van der Waals surface area contributed by atoms with Gasteiger partial charge in [-0.3, -0.25) is 0 Å². The van der Waals surface area contributed by atoms with E-state index in [1.807, 2.05) is 74.5 Å². The predicted molar refractivity (Wildman–Crippen MR) is 155 cm³/mol. The molecule has 0 saturated carbocycles. The first-order valence-corrected chi connectivity index (χ1v) is 12.4. The maximum atomic E-state index is 6.15. The van der Waals surface area contributed by atoms with Crippen LogP contribution in [0.3, 0.4) is 0 Å². The Morgan fingerprint density at radius 1 is 0.718 bits per heavy atom. The van der Waals surface area contributed by atoms with E-state index in [4.69, 9.17) is 9.72 Å². The largest absolute Gasteiger partial charge is 2.00 e. The van der Waals surface area contributed by atoms with E-state index in [2.05, 4.69) is 70.2 Å². The number of anilines is 2. The summed E-state index contributed by atoms with van der Waals surface area (Å²) in [5, 5.41) is 2.29. The Labute approximate surface area is 242 Å². The second-order valence-corrected chi connectivity index (χ2v) is 9.51. The van der Waals surface area contributed by atoms with Gasteiger partial charge in [0.05, 0.1) is 17.6 Å². The molecule has 0 N–H and O–H groups in total. The van der Waals surface area contributed by atoms with Crippen molar-refractivity contribution in [2.75, 3.05) is 38.0 Å². The van der Waals surface area contributed by atoms with Gasteiger partial charge in [-0.2, -0.15) is 24.3 Å². The minimum Gasteiger partial charge on any atom is -0.458 e. The molecule has 0 aliphatic carbocycles. The van der Waals surface area contributed by atoms with Gasteiger partial charge >= 0.3 is 21.1 Å². The molecule has 0 fully saturated rings. The van der Waals surface area contributed by atoms with E-state index in [9.17, 15) is 0 Å². The van der Waals surface area contributed by atoms with Crippen LogP contribution in [0.25, 0.3) is 38.8 Å². The maximum absolute atomic E-state index is 6.15. The summed E-state index contributed by atoms with van der Waals surface area (Å²) in [4.78, 5) is 13.2. The van der Waals surface area contributed by atoms with E-state index < -0.39 is 0 Å². The summed E-state index contributed by atoms with van der Waals surface area (Å²) in [5.74, 6) is 1.99. The van der Waals surface area contributed by atoms with Crippen LogP contribution in [-0.2, 0) is 21.1 Å². The first-order chi connectivity index (χ1) is 18.5. The predicted octanol–water partition coefficient (Wildman–Crippen LogP) is 6.76. The number of para-hydroxylation sites is 1. The summed E-state index contributed by atoms with van der Waals surface area (Å²) in [6.45, 7) is 0. The number of hydrogen-bond acceptors (Lipinski definition) is 5. The van der Waals surface area contributed by atoms with Crippen molar-refractivity contribution in [3.05, 3.63) is 103 Å². The van der Waals surface area contributed by atoms with Crippen LogP contribution in [-0.4, -0.2) is 42.7 Å². The molecule has 0 radical (unpaired) electrons. The Morgan fingerprint density at radius 3 is 2.31 bits per heavy atom. The van der Waals surface area contributed by atoms with Crippen molar-refractivity contribution in [1.29, 1.82) is 0 Å². The third kappa shape index (κ3) is 5.00. The van der Waals surface area contributed by atoms with E-state index in [-0.39, 0.29) is 21.1 Å². The van der Waals surface area contributed by atoms with Crippen molar-refractivity contribution in [1.82, 2.24) is 14.5 Å². The van der Waals surface area contributed by atoms with Gasteiger partial charge in [0, 0.05) is 45.7 Å². The third-order valence-corrected chi connectivity index (χ3v) is 6.56. The Kier molecular flexibility index (Phi) is 7.40. The van der Waals surface area contributed by atoms with Gasteiger partial charge in [0.15, 0.2) is 0 Å². The molecule has 6 aromatic rings. The Bertz CT molecular complexity index is 1760. The number of fused-ring (bicyclic) bond motifs is 3. The van der Waals surface area contributed by atoms with Crippen molar-refractivity contribution >= 4 is 33.2 Å². The molecule has 0 unspecified atom stereocenters. The molecule has 3 aromatic heterocycles. The van der Waals surface area contributed by atoms with E-state index in [1.165, 1.54) is 0 Å². The van der Waals surface area contributed by atoms with Crippen LogP contribution < -0.4 is 14.5 Å². The molecule has 0 saturated heterocycles. The molecule has 0 amide bonds. The fraction of sp³-hybridized carbons (Fsp3) is 0.125. The SMILES string of the molecule is CN(C)c1ccc(-n2c3[c-]c(-c4[c-]c(Oc5ncccc5N(C)C)ccc4)ccc3c3ccccc32)nc1.[Pt+2]. The van der Waals surface area contributed by atoms with Crippen LogP contribution in [0.1, 0.15) is 0 Å². The van der Waals surface area contributed by atoms with Crippen molar-refractivity contribution in [2.24, 2.45) is 0 Å². The van der Waals surface area contributed by atoms with Crippen molar-refractivity contribution in [3.63, 3.8) is 0 Å². The standard InChI is InChI=1S/C32H27N5O.Pt/c1-35(2)24-15-17-31(34-21-24)37-28-12-6-5-11-26(28)27-16-14-23(20-30(27)37)22-9-7-10-25(19-22)38-32-29(36(3)4)13-8-18-33-32;/h5-18,21H,1-4H3;/q-2;+2. The first-order valence-electron chi connectivity index (χ1n) is 12.4. The van der Waals surface area contributed by atoms with Gasteiger partial charge in [0.1, 0.15) is 5.82 Å². The van der Waals surface area contributed by atoms with Crippen LogP contribution >= 0.6 is 0 Å². The molecule has 0 aliphatic heterocycles. The number of ether oxygens (including phenoxy) is 1. The first kappa shape index (κ1) is 26.5. The quantitative estimate of drug-likeness (QED) is 0.181. The Hall–Kier alpha value is -4.15. The minimum atomic E-state index is 0. The van der Waals surface area contributed by atoms with Crippen LogP contribution in [0.4, 0.5) is 11.4 Å². The summed E-state index contributed by atoms with van der Waals surface area (Å²) in [7, 11) is 7.97. The van der Waals surface area contributed by atoms with Gasteiger partial charge in [0.2, 0.25) is 5.88 Å². The zero-order valence-electron chi connectivity index (χ0n) is 22.1. The number of aromatic nitrogens is 3. The van der Waals surface area contributed by atoms with Gasteiger partial charge in [-0.25, -0.2) is 21.1 Å². The summed E-state index contributed by atoms with van der Waals surface area (Å²) in [6.07, 6.45) is 3.62. The van der Waals surface area contributed by atoms with Crippen molar-refractivity contribution in [3.8, 4) is 28.6 Å². The number of hydrogen-bond donors (Lipinski definition) is 0. The topological polar surface area (TPSA) is 46.4 Å². The molecule has 6 rings (SSSR count).